The first kappa shape index (κ1) is 23.6. The van der Waals surface area contributed by atoms with Crippen LogP contribution in [0.3, 0.4) is 0 Å². The van der Waals surface area contributed by atoms with Gasteiger partial charge in [-0.25, -0.2) is 9.78 Å². The molecule has 0 saturated heterocycles. The third-order valence-electron chi connectivity index (χ3n) is 8.02. The second-order valence-corrected chi connectivity index (χ2v) is 10.3. The number of aryl methyl sites for hydroxylation is 2. The van der Waals surface area contributed by atoms with Gasteiger partial charge in [-0.15, -0.1) is 0 Å². The third kappa shape index (κ3) is 4.73. The lowest BCUT2D eigenvalue weighted by atomic mass is 9.87. The molecular weight excluding hydrogens is 448 g/mol. The number of carbonyl (C=O) groups excluding carboxylic acids is 1. The standard InChI is InChI=1S/C26H34N4O5/c1-16-23(35-19-6-4-5-17(13-19)24(31)32)10-9-21(28-16)20-14-27-30(3)22(20)15-34-25(33)29(2)26(11-12-26)18-7-8-18/h9-10,14,17-19H,4-8,11-13,15H2,1-3H3,(H,31,32)/t17-,19-/m0/s1. The lowest BCUT2D eigenvalue weighted by Crippen LogP contribution is -2.40. The highest BCUT2D eigenvalue weighted by Gasteiger charge is 2.58. The zero-order valence-electron chi connectivity index (χ0n) is 20.7. The minimum Gasteiger partial charge on any atom is -0.489 e. The van der Waals surface area contributed by atoms with Gasteiger partial charge in [0.1, 0.15) is 12.4 Å². The van der Waals surface area contributed by atoms with E-state index in [-0.39, 0.29) is 30.3 Å². The van der Waals surface area contributed by atoms with Crippen LogP contribution in [0.2, 0.25) is 0 Å². The van der Waals surface area contributed by atoms with Crippen LogP contribution in [-0.4, -0.2) is 55.5 Å². The summed E-state index contributed by atoms with van der Waals surface area (Å²) in [6, 6.07) is 3.76. The highest BCUT2D eigenvalue weighted by atomic mass is 16.6. The van der Waals surface area contributed by atoms with Gasteiger partial charge in [-0.1, -0.05) is 0 Å². The van der Waals surface area contributed by atoms with Crippen LogP contribution in [0.25, 0.3) is 11.3 Å². The van der Waals surface area contributed by atoms with Crippen molar-refractivity contribution in [2.45, 2.75) is 76.5 Å². The molecule has 188 valence electrons. The van der Waals surface area contributed by atoms with E-state index in [1.807, 2.05) is 33.2 Å². The zero-order chi connectivity index (χ0) is 24.7. The number of ether oxygens (including phenoxy) is 2. The number of pyridine rings is 1. The van der Waals surface area contributed by atoms with Gasteiger partial charge in [-0.3, -0.25) is 9.48 Å². The van der Waals surface area contributed by atoms with Gasteiger partial charge in [-0.2, -0.15) is 5.10 Å². The normalized spacial score (nSPS) is 22.9. The maximum atomic E-state index is 12.8. The number of carboxylic acids is 1. The number of hydrogen-bond donors (Lipinski definition) is 1. The largest absolute Gasteiger partial charge is 0.489 e. The minimum atomic E-state index is -0.751. The van der Waals surface area contributed by atoms with Crippen LogP contribution in [0.1, 0.15) is 62.8 Å². The summed E-state index contributed by atoms with van der Waals surface area (Å²) in [4.78, 5) is 30.7. The van der Waals surface area contributed by atoms with Gasteiger partial charge >= 0.3 is 12.1 Å². The molecule has 3 aliphatic carbocycles. The summed E-state index contributed by atoms with van der Waals surface area (Å²) >= 11 is 0. The zero-order valence-corrected chi connectivity index (χ0v) is 20.7. The van der Waals surface area contributed by atoms with Gasteiger partial charge in [-0.05, 0) is 76.3 Å². The predicted octanol–water partition coefficient (Wildman–Crippen LogP) is 4.32. The number of nitrogens with zero attached hydrogens (tertiary/aromatic N) is 4. The van der Waals surface area contributed by atoms with E-state index < -0.39 is 5.97 Å². The molecule has 3 saturated carbocycles. The second-order valence-electron chi connectivity index (χ2n) is 10.3. The van der Waals surface area contributed by atoms with Crippen LogP contribution in [-0.2, 0) is 23.2 Å². The summed E-state index contributed by atoms with van der Waals surface area (Å²) in [6.45, 7) is 2.00. The van der Waals surface area contributed by atoms with Crippen LogP contribution in [0.5, 0.6) is 5.75 Å². The number of aliphatic carboxylic acids is 1. The van der Waals surface area contributed by atoms with Crippen molar-refractivity contribution in [3.63, 3.8) is 0 Å². The minimum absolute atomic E-state index is 0.0175. The third-order valence-corrected chi connectivity index (χ3v) is 8.02. The summed E-state index contributed by atoms with van der Waals surface area (Å²) in [6.07, 6.45) is 8.78. The van der Waals surface area contributed by atoms with E-state index in [1.165, 1.54) is 12.8 Å². The first-order valence-corrected chi connectivity index (χ1v) is 12.6. The van der Waals surface area contributed by atoms with Gasteiger partial charge < -0.3 is 19.5 Å². The van der Waals surface area contributed by atoms with Crippen LogP contribution in [0, 0.1) is 18.8 Å². The van der Waals surface area contributed by atoms with E-state index in [1.54, 1.807) is 15.8 Å². The maximum Gasteiger partial charge on any atom is 0.410 e. The highest BCUT2D eigenvalue weighted by Crippen LogP contribution is 2.57. The molecule has 2 aromatic heterocycles. The van der Waals surface area contributed by atoms with Crippen LogP contribution < -0.4 is 4.74 Å². The van der Waals surface area contributed by atoms with Gasteiger partial charge in [0.15, 0.2) is 0 Å². The molecule has 0 aromatic carbocycles. The first-order chi connectivity index (χ1) is 16.8. The smallest absolute Gasteiger partial charge is 0.410 e. The van der Waals surface area contributed by atoms with Crippen molar-refractivity contribution >= 4 is 12.1 Å². The Bertz CT molecular complexity index is 1120. The summed E-state index contributed by atoms with van der Waals surface area (Å²) in [5.41, 5.74) is 3.06. The van der Waals surface area contributed by atoms with E-state index in [4.69, 9.17) is 14.5 Å². The summed E-state index contributed by atoms with van der Waals surface area (Å²) in [7, 11) is 3.68. The molecule has 0 unspecified atom stereocenters. The fraction of sp³-hybridized carbons (Fsp3) is 0.615. The van der Waals surface area contributed by atoms with Crippen molar-refractivity contribution in [3.05, 3.63) is 29.7 Å². The first-order valence-electron chi connectivity index (χ1n) is 12.6. The van der Waals surface area contributed by atoms with Crippen molar-refractivity contribution in [2.75, 3.05) is 7.05 Å². The number of amides is 1. The van der Waals surface area contributed by atoms with Crippen LogP contribution in [0.4, 0.5) is 4.79 Å². The lowest BCUT2D eigenvalue weighted by molar-refractivity contribution is -0.143. The van der Waals surface area contributed by atoms with E-state index in [0.717, 1.165) is 48.3 Å². The van der Waals surface area contributed by atoms with Crippen molar-refractivity contribution in [3.8, 4) is 17.0 Å². The Morgan fingerprint density at radius 3 is 2.66 bits per heavy atom. The van der Waals surface area contributed by atoms with Gasteiger partial charge in [0, 0.05) is 25.2 Å². The molecule has 3 aliphatic rings. The summed E-state index contributed by atoms with van der Waals surface area (Å²) in [5, 5.41) is 13.7. The fourth-order valence-electron chi connectivity index (χ4n) is 5.50. The molecule has 2 heterocycles. The fourth-order valence-corrected chi connectivity index (χ4v) is 5.50. The summed E-state index contributed by atoms with van der Waals surface area (Å²) in [5.74, 6) is 0.196. The lowest BCUT2D eigenvalue weighted by Gasteiger charge is -2.27. The molecule has 0 aliphatic heterocycles. The molecule has 9 nitrogen and oxygen atoms in total. The van der Waals surface area contributed by atoms with E-state index in [0.29, 0.717) is 24.5 Å². The van der Waals surface area contributed by atoms with Gasteiger partial charge in [0.25, 0.3) is 0 Å². The van der Waals surface area contributed by atoms with Crippen molar-refractivity contribution in [1.29, 1.82) is 0 Å². The molecular formula is C26H34N4O5. The molecule has 1 N–H and O–H groups in total. The quantitative estimate of drug-likeness (QED) is 0.597. The Labute approximate surface area is 205 Å². The predicted molar refractivity (Wildman–Crippen MR) is 128 cm³/mol. The Morgan fingerprint density at radius 2 is 2.00 bits per heavy atom. The molecule has 35 heavy (non-hydrogen) atoms. The monoisotopic (exact) mass is 482 g/mol. The number of aromatic nitrogens is 3. The van der Waals surface area contributed by atoms with E-state index in [9.17, 15) is 14.7 Å². The molecule has 5 rings (SSSR count). The molecule has 2 atom stereocenters. The average molecular weight is 483 g/mol. The number of hydrogen-bond acceptors (Lipinski definition) is 6. The van der Waals surface area contributed by atoms with Gasteiger partial charge in [0.05, 0.1) is 35.3 Å². The topological polar surface area (TPSA) is 107 Å². The number of carboxylic acid groups (broad SMARTS) is 1. The molecule has 0 bridgehead atoms. The molecule has 0 spiro atoms. The highest BCUT2D eigenvalue weighted by molar-refractivity contribution is 5.70. The number of carbonyl (C=O) groups is 2. The Balaban J connectivity index is 1.25. The Morgan fingerprint density at radius 1 is 1.23 bits per heavy atom. The Hall–Kier alpha value is -3.10. The van der Waals surface area contributed by atoms with Crippen LogP contribution >= 0.6 is 0 Å². The van der Waals surface area contributed by atoms with E-state index in [2.05, 4.69) is 5.10 Å². The Kier molecular flexibility index (Phi) is 6.19. The van der Waals surface area contributed by atoms with E-state index >= 15 is 0 Å². The molecule has 1 amide bonds. The molecule has 0 radical (unpaired) electrons. The van der Waals surface area contributed by atoms with Crippen molar-refractivity contribution in [1.82, 2.24) is 19.7 Å². The molecule has 9 heteroatoms. The van der Waals surface area contributed by atoms with Crippen LogP contribution in [0.15, 0.2) is 18.3 Å². The van der Waals surface area contributed by atoms with Crippen molar-refractivity contribution in [2.24, 2.45) is 18.9 Å². The van der Waals surface area contributed by atoms with Gasteiger partial charge in [0.2, 0.25) is 0 Å². The summed E-state index contributed by atoms with van der Waals surface area (Å²) < 4.78 is 13.6. The maximum absolute atomic E-state index is 12.8. The molecule has 3 fully saturated rings. The average Bonchev–Trinajstić information content (AvgIpc) is 3.76. The second kappa shape index (κ2) is 9.17. The SMILES string of the molecule is Cc1nc(-c2cnn(C)c2COC(=O)N(C)C2(C3CC3)CC2)ccc1O[C@H]1CCC[C@H](C(=O)O)C1. The molecule has 2 aromatic rings. The van der Waals surface area contributed by atoms with Crippen molar-refractivity contribution < 1.29 is 24.2 Å². The number of rotatable bonds is 8.